The highest BCUT2D eigenvalue weighted by Crippen LogP contribution is 2.22. The zero-order valence-electron chi connectivity index (χ0n) is 35.4. The van der Waals surface area contributed by atoms with E-state index in [2.05, 4.69) is 6.92 Å². The fourth-order valence-corrected chi connectivity index (χ4v) is 6.08. The Bertz CT molecular complexity index is 1030. The van der Waals surface area contributed by atoms with Crippen molar-refractivity contribution < 1.29 is 57.0 Å². The van der Waals surface area contributed by atoms with Crippen LogP contribution in [-0.4, -0.2) is 155 Å². The van der Waals surface area contributed by atoms with Gasteiger partial charge < -0.3 is 47.4 Å². The van der Waals surface area contributed by atoms with Gasteiger partial charge in [0.1, 0.15) is 0 Å². The SMILES string of the molecule is CCCCCCCCCCCCCCCCOCCOCCOCCOCCOCCOCCOCCOCCOCCOCCN1C(=O)c2ccccc2C1=O. The number of imide groups is 1. The number of ether oxygens (including phenoxy) is 10. The van der Waals surface area contributed by atoms with Crippen LogP contribution in [0.1, 0.15) is 118 Å². The van der Waals surface area contributed by atoms with E-state index in [4.69, 9.17) is 47.4 Å². The smallest absolute Gasteiger partial charge is 0.261 e. The van der Waals surface area contributed by atoms with Crippen molar-refractivity contribution in [2.45, 2.75) is 96.8 Å². The molecule has 0 aliphatic carbocycles. The molecule has 1 aliphatic heterocycles. The first-order valence-electron chi connectivity index (χ1n) is 22.0. The molecule has 0 N–H and O–H groups in total. The number of hydrogen-bond acceptors (Lipinski definition) is 12. The van der Waals surface area contributed by atoms with Crippen LogP contribution in [0.5, 0.6) is 0 Å². The number of carbonyl (C=O) groups is 2. The molecule has 0 unspecified atom stereocenters. The minimum atomic E-state index is -0.274. The van der Waals surface area contributed by atoms with Crippen LogP contribution in [-0.2, 0) is 47.4 Å². The number of fused-ring (bicyclic) bond motifs is 1. The lowest BCUT2D eigenvalue weighted by Crippen LogP contribution is -2.33. The summed E-state index contributed by atoms with van der Waals surface area (Å²) in [6, 6.07) is 6.84. The van der Waals surface area contributed by atoms with Crippen molar-refractivity contribution in [2.75, 3.05) is 139 Å². The number of benzene rings is 1. The molecule has 1 aromatic carbocycles. The van der Waals surface area contributed by atoms with Crippen molar-refractivity contribution in [1.82, 2.24) is 4.90 Å². The first kappa shape index (κ1) is 51.1. The van der Waals surface area contributed by atoms with Gasteiger partial charge in [-0.2, -0.15) is 0 Å². The van der Waals surface area contributed by atoms with E-state index in [1.165, 1.54) is 88.4 Å². The number of amides is 2. The average Bonchev–Trinajstić information content (AvgIpc) is 3.47. The lowest BCUT2D eigenvalue weighted by molar-refractivity contribution is -0.0265. The molecule has 0 saturated heterocycles. The molecular weight excluding hydrogens is 734 g/mol. The Kier molecular flexibility index (Phi) is 35.3. The molecule has 2 rings (SSSR count). The predicted molar refractivity (Wildman–Crippen MR) is 220 cm³/mol. The van der Waals surface area contributed by atoms with Crippen LogP contribution >= 0.6 is 0 Å². The molecule has 13 nitrogen and oxygen atoms in total. The monoisotopic (exact) mass is 812 g/mol. The van der Waals surface area contributed by atoms with Crippen molar-refractivity contribution in [3.63, 3.8) is 0 Å². The van der Waals surface area contributed by atoms with Crippen LogP contribution < -0.4 is 0 Å². The van der Waals surface area contributed by atoms with Crippen LogP contribution in [0.3, 0.4) is 0 Å². The molecule has 2 amide bonds. The van der Waals surface area contributed by atoms with Crippen LogP contribution in [0, 0.1) is 0 Å². The first-order chi connectivity index (χ1) is 28.3. The number of carbonyl (C=O) groups excluding carboxylic acids is 2. The van der Waals surface area contributed by atoms with E-state index in [9.17, 15) is 9.59 Å². The van der Waals surface area contributed by atoms with E-state index in [1.54, 1.807) is 24.3 Å². The Morgan fingerprint density at radius 3 is 0.877 bits per heavy atom. The van der Waals surface area contributed by atoms with Gasteiger partial charge in [0.05, 0.1) is 143 Å². The summed E-state index contributed by atoms with van der Waals surface area (Å²) < 4.78 is 55.3. The summed E-state index contributed by atoms with van der Waals surface area (Å²) in [7, 11) is 0. The summed E-state index contributed by atoms with van der Waals surface area (Å²) in [5, 5.41) is 0. The summed E-state index contributed by atoms with van der Waals surface area (Å²) >= 11 is 0. The minimum Gasteiger partial charge on any atom is -0.379 e. The molecule has 1 aromatic rings. The van der Waals surface area contributed by atoms with Crippen molar-refractivity contribution >= 4 is 11.8 Å². The number of nitrogens with zero attached hydrogens (tertiary/aromatic N) is 1. The van der Waals surface area contributed by atoms with Gasteiger partial charge in [-0.25, -0.2) is 0 Å². The highest BCUT2D eigenvalue weighted by Gasteiger charge is 2.34. The Hall–Kier alpha value is -2.04. The largest absolute Gasteiger partial charge is 0.379 e. The fourth-order valence-electron chi connectivity index (χ4n) is 6.08. The fraction of sp³-hybridized carbons (Fsp3) is 0.818. The van der Waals surface area contributed by atoms with Crippen molar-refractivity contribution in [3.05, 3.63) is 35.4 Å². The van der Waals surface area contributed by atoms with Gasteiger partial charge in [0, 0.05) is 6.61 Å². The van der Waals surface area contributed by atoms with Crippen LogP contribution in [0.2, 0.25) is 0 Å². The highest BCUT2D eigenvalue weighted by atomic mass is 16.6. The molecule has 0 atom stereocenters. The summed E-state index contributed by atoms with van der Waals surface area (Å²) in [5.74, 6) is -0.548. The van der Waals surface area contributed by atoms with Crippen molar-refractivity contribution in [1.29, 1.82) is 0 Å². The molecule has 0 saturated carbocycles. The third-order valence-electron chi connectivity index (χ3n) is 9.33. The third-order valence-corrected chi connectivity index (χ3v) is 9.33. The predicted octanol–water partition coefficient (Wildman–Crippen LogP) is 6.93. The summed E-state index contributed by atoms with van der Waals surface area (Å²) in [5.41, 5.74) is 0.890. The maximum Gasteiger partial charge on any atom is 0.261 e. The molecule has 13 heteroatoms. The van der Waals surface area contributed by atoms with E-state index in [-0.39, 0.29) is 25.0 Å². The van der Waals surface area contributed by atoms with Crippen LogP contribution in [0.25, 0.3) is 0 Å². The van der Waals surface area contributed by atoms with Gasteiger partial charge in [-0.15, -0.1) is 0 Å². The van der Waals surface area contributed by atoms with E-state index >= 15 is 0 Å². The standard InChI is InChI=1S/C44H77NO12/c1-2-3-4-5-6-7-8-9-10-11-12-13-14-17-21-48-23-25-50-27-29-52-31-33-54-35-37-56-39-40-57-38-36-55-34-32-53-30-28-51-26-24-49-22-20-45-43(46)41-18-15-16-19-42(41)44(45)47/h15-16,18-19H,2-14,17,20-40H2,1H3. The summed E-state index contributed by atoms with van der Waals surface area (Å²) in [6.07, 6.45) is 19.2. The Morgan fingerprint density at radius 2 is 0.579 bits per heavy atom. The maximum atomic E-state index is 12.3. The highest BCUT2D eigenvalue weighted by molar-refractivity contribution is 6.21. The van der Waals surface area contributed by atoms with Gasteiger partial charge in [-0.1, -0.05) is 103 Å². The maximum absolute atomic E-state index is 12.3. The summed E-state index contributed by atoms with van der Waals surface area (Å²) in [6.45, 7) is 12.6. The van der Waals surface area contributed by atoms with Crippen LogP contribution in [0.4, 0.5) is 0 Å². The molecule has 1 aliphatic rings. The quantitative estimate of drug-likeness (QED) is 0.0501. The number of rotatable bonds is 45. The van der Waals surface area contributed by atoms with E-state index in [0.29, 0.717) is 130 Å². The Labute approximate surface area is 344 Å². The van der Waals surface area contributed by atoms with Gasteiger partial charge in [-0.05, 0) is 18.6 Å². The Morgan fingerprint density at radius 1 is 0.333 bits per heavy atom. The average molecular weight is 812 g/mol. The van der Waals surface area contributed by atoms with Gasteiger partial charge in [0.2, 0.25) is 0 Å². The van der Waals surface area contributed by atoms with Gasteiger partial charge >= 0.3 is 0 Å². The second kappa shape index (κ2) is 39.4. The molecule has 0 spiro atoms. The van der Waals surface area contributed by atoms with Gasteiger partial charge in [0.25, 0.3) is 11.8 Å². The second-order valence-electron chi connectivity index (χ2n) is 14.0. The van der Waals surface area contributed by atoms with E-state index in [0.717, 1.165) is 13.0 Å². The van der Waals surface area contributed by atoms with E-state index < -0.39 is 0 Å². The molecule has 57 heavy (non-hydrogen) atoms. The van der Waals surface area contributed by atoms with Crippen molar-refractivity contribution in [3.8, 4) is 0 Å². The minimum absolute atomic E-state index is 0.217. The molecular formula is C44H77NO12. The van der Waals surface area contributed by atoms with Crippen LogP contribution in [0.15, 0.2) is 24.3 Å². The number of unbranched alkanes of at least 4 members (excludes halogenated alkanes) is 13. The summed E-state index contributed by atoms with van der Waals surface area (Å²) in [4.78, 5) is 25.9. The second-order valence-corrected chi connectivity index (χ2v) is 14.0. The van der Waals surface area contributed by atoms with Crippen molar-refractivity contribution in [2.24, 2.45) is 0 Å². The molecule has 330 valence electrons. The lowest BCUT2D eigenvalue weighted by atomic mass is 10.0. The lowest BCUT2D eigenvalue weighted by Gasteiger charge is -2.13. The van der Waals surface area contributed by atoms with E-state index in [1.807, 2.05) is 0 Å². The normalized spacial score (nSPS) is 12.7. The van der Waals surface area contributed by atoms with Gasteiger partial charge in [0.15, 0.2) is 0 Å². The number of hydrogen-bond donors (Lipinski definition) is 0. The molecule has 1 heterocycles. The topological polar surface area (TPSA) is 130 Å². The first-order valence-corrected chi connectivity index (χ1v) is 22.0. The molecule has 0 radical (unpaired) electrons. The zero-order chi connectivity index (χ0) is 40.5. The third kappa shape index (κ3) is 28.9. The zero-order valence-corrected chi connectivity index (χ0v) is 35.4. The molecule has 0 aromatic heterocycles. The molecule has 0 fully saturated rings. The Balaban J connectivity index is 1.14. The molecule has 0 bridgehead atoms. The van der Waals surface area contributed by atoms with Gasteiger partial charge in [-0.3, -0.25) is 14.5 Å².